The lowest BCUT2D eigenvalue weighted by molar-refractivity contribution is -0.118. The van der Waals surface area contributed by atoms with Gasteiger partial charge in [-0.2, -0.15) is 0 Å². The molecule has 0 atom stereocenters. The normalized spacial score (nSPS) is 11.1. The summed E-state index contributed by atoms with van der Waals surface area (Å²) in [5.74, 6) is 0.899. The smallest absolute Gasteiger partial charge is 0.264 e. The van der Waals surface area contributed by atoms with Crippen molar-refractivity contribution < 1.29 is 9.53 Å². The number of ether oxygens (including phenoxy) is 1. The van der Waals surface area contributed by atoms with Crippen LogP contribution in [0.3, 0.4) is 0 Å². The number of carbonyl (C=O) groups excluding carboxylic acids is 1. The Bertz CT molecular complexity index is 904. The zero-order chi connectivity index (χ0) is 18.0. The van der Waals surface area contributed by atoms with Crippen LogP contribution in [0.25, 0.3) is 10.2 Å². The molecule has 0 aliphatic rings. The Morgan fingerprint density at radius 1 is 1.24 bits per heavy atom. The maximum Gasteiger partial charge on any atom is 0.264 e. The number of benzene rings is 2. The number of nitrogens with one attached hydrogen (secondary N) is 1. The van der Waals surface area contributed by atoms with E-state index in [1.165, 1.54) is 16.9 Å². The molecule has 1 N–H and O–H groups in total. The minimum atomic E-state index is -0.240. The first kappa shape index (κ1) is 17.7. The van der Waals surface area contributed by atoms with E-state index < -0.39 is 0 Å². The van der Waals surface area contributed by atoms with Gasteiger partial charge in [-0.1, -0.05) is 48.9 Å². The first-order valence-electron chi connectivity index (χ1n) is 8.02. The van der Waals surface area contributed by atoms with E-state index >= 15 is 0 Å². The molecule has 25 heavy (non-hydrogen) atoms. The average Bonchev–Trinajstić information content (AvgIpc) is 3.00. The minimum absolute atomic E-state index is 0.0588. The summed E-state index contributed by atoms with van der Waals surface area (Å²) in [6.07, 6.45) is 0. The van der Waals surface area contributed by atoms with E-state index in [-0.39, 0.29) is 12.5 Å². The van der Waals surface area contributed by atoms with Crippen molar-refractivity contribution in [2.75, 3.05) is 11.9 Å². The highest BCUT2D eigenvalue weighted by Crippen LogP contribution is 2.31. The van der Waals surface area contributed by atoms with Crippen molar-refractivity contribution >= 4 is 44.2 Å². The van der Waals surface area contributed by atoms with Crippen LogP contribution >= 0.6 is 22.9 Å². The largest absolute Gasteiger partial charge is 0.484 e. The Morgan fingerprint density at radius 2 is 1.96 bits per heavy atom. The number of anilines is 1. The number of amides is 1. The lowest BCUT2D eigenvalue weighted by Crippen LogP contribution is -2.20. The van der Waals surface area contributed by atoms with Gasteiger partial charge < -0.3 is 4.74 Å². The van der Waals surface area contributed by atoms with Crippen LogP contribution in [-0.4, -0.2) is 17.5 Å². The zero-order valence-corrected chi connectivity index (χ0v) is 15.9. The van der Waals surface area contributed by atoms with Crippen LogP contribution < -0.4 is 10.1 Å². The summed E-state index contributed by atoms with van der Waals surface area (Å²) < 4.78 is 6.52. The first-order valence-corrected chi connectivity index (χ1v) is 9.21. The highest BCUT2D eigenvalue weighted by Gasteiger charge is 2.11. The molecule has 0 fully saturated rings. The summed E-state index contributed by atoms with van der Waals surface area (Å²) in [5.41, 5.74) is 2.97. The molecule has 0 bridgehead atoms. The molecule has 130 valence electrons. The summed E-state index contributed by atoms with van der Waals surface area (Å²) in [7, 11) is 0. The third-order valence-corrected chi connectivity index (χ3v) is 5.26. The van der Waals surface area contributed by atoms with E-state index in [1.54, 1.807) is 0 Å². The Labute approximate surface area is 155 Å². The van der Waals surface area contributed by atoms with Crippen LogP contribution in [-0.2, 0) is 4.79 Å². The van der Waals surface area contributed by atoms with Crippen molar-refractivity contribution in [2.24, 2.45) is 0 Å². The highest BCUT2D eigenvalue weighted by molar-refractivity contribution is 7.22. The number of nitrogens with zero attached hydrogens (tertiary/aromatic N) is 1. The SMILES string of the molecule is Cc1c(Cl)ccc2sc(NC(=O)COc3ccc(C(C)C)cc3)nc12. The number of rotatable bonds is 5. The maximum atomic E-state index is 12.1. The summed E-state index contributed by atoms with van der Waals surface area (Å²) >= 11 is 7.53. The fraction of sp³-hybridized carbons (Fsp3) is 0.263. The summed E-state index contributed by atoms with van der Waals surface area (Å²) in [5, 5.41) is 3.99. The van der Waals surface area contributed by atoms with Crippen molar-refractivity contribution in [3.05, 3.63) is 52.5 Å². The third kappa shape index (κ3) is 4.11. The van der Waals surface area contributed by atoms with Crippen molar-refractivity contribution in [3.63, 3.8) is 0 Å². The van der Waals surface area contributed by atoms with Crippen molar-refractivity contribution in [1.82, 2.24) is 4.98 Å². The molecule has 3 aromatic rings. The van der Waals surface area contributed by atoms with Gasteiger partial charge in [0.15, 0.2) is 11.7 Å². The second kappa shape index (κ2) is 7.42. The van der Waals surface area contributed by atoms with E-state index in [2.05, 4.69) is 24.1 Å². The van der Waals surface area contributed by atoms with Gasteiger partial charge in [0, 0.05) is 5.02 Å². The first-order chi connectivity index (χ1) is 11.9. The highest BCUT2D eigenvalue weighted by atomic mass is 35.5. The molecule has 3 rings (SSSR count). The molecule has 2 aromatic carbocycles. The molecular weight excluding hydrogens is 356 g/mol. The number of hydrogen-bond acceptors (Lipinski definition) is 4. The van der Waals surface area contributed by atoms with Crippen molar-refractivity contribution in [2.45, 2.75) is 26.7 Å². The molecule has 6 heteroatoms. The fourth-order valence-corrected chi connectivity index (χ4v) is 3.50. The predicted octanol–water partition coefficient (Wildman–Crippen LogP) is 5.40. The summed E-state index contributed by atoms with van der Waals surface area (Å²) in [6.45, 7) is 6.13. The Morgan fingerprint density at radius 3 is 2.64 bits per heavy atom. The second-order valence-electron chi connectivity index (χ2n) is 6.10. The molecule has 0 aliphatic carbocycles. The van der Waals surface area contributed by atoms with Gasteiger partial charge in [0.1, 0.15) is 5.75 Å². The molecule has 0 unspecified atom stereocenters. The van der Waals surface area contributed by atoms with Crippen LogP contribution in [0.4, 0.5) is 5.13 Å². The Hall–Kier alpha value is -2.11. The van der Waals surface area contributed by atoms with Gasteiger partial charge in [-0.15, -0.1) is 0 Å². The van der Waals surface area contributed by atoms with E-state index in [0.717, 1.165) is 15.8 Å². The predicted molar refractivity (Wildman–Crippen MR) is 104 cm³/mol. The molecule has 0 radical (unpaired) electrons. The van der Waals surface area contributed by atoms with Gasteiger partial charge in [0.25, 0.3) is 5.91 Å². The number of halogens is 1. The molecule has 1 amide bonds. The molecule has 1 heterocycles. The number of fused-ring (bicyclic) bond motifs is 1. The van der Waals surface area contributed by atoms with E-state index in [4.69, 9.17) is 16.3 Å². The maximum absolute atomic E-state index is 12.1. The van der Waals surface area contributed by atoms with Crippen molar-refractivity contribution in [3.8, 4) is 5.75 Å². The van der Waals surface area contributed by atoms with Crippen LogP contribution in [0.5, 0.6) is 5.75 Å². The fourth-order valence-electron chi connectivity index (χ4n) is 2.41. The molecule has 1 aromatic heterocycles. The van der Waals surface area contributed by atoms with E-state index in [9.17, 15) is 4.79 Å². The van der Waals surface area contributed by atoms with Crippen molar-refractivity contribution in [1.29, 1.82) is 0 Å². The third-order valence-electron chi connectivity index (χ3n) is 3.91. The molecule has 0 saturated carbocycles. The van der Waals surface area contributed by atoms with E-state index in [1.807, 2.05) is 43.3 Å². The van der Waals surface area contributed by atoms with Gasteiger partial charge in [-0.05, 0) is 48.2 Å². The zero-order valence-electron chi connectivity index (χ0n) is 14.3. The van der Waals surface area contributed by atoms with Crippen LogP contribution in [0, 0.1) is 6.92 Å². The standard InChI is InChI=1S/C19H19ClN2O2S/c1-11(2)13-4-6-14(7-5-13)24-10-17(23)21-19-22-18-12(3)15(20)8-9-16(18)25-19/h4-9,11H,10H2,1-3H3,(H,21,22,23). The molecule has 0 spiro atoms. The van der Waals surface area contributed by atoms with Gasteiger partial charge in [-0.25, -0.2) is 4.98 Å². The topological polar surface area (TPSA) is 51.2 Å². The number of aryl methyl sites for hydroxylation is 1. The van der Waals surface area contributed by atoms with E-state index in [0.29, 0.717) is 21.8 Å². The van der Waals surface area contributed by atoms with Crippen LogP contribution in [0.1, 0.15) is 30.9 Å². The molecule has 4 nitrogen and oxygen atoms in total. The summed E-state index contributed by atoms with van der Waals surface area (Å²) in [4.78, 5) is 16.5. The lowest BCUT2D eigenvalue weighted by Gasteiger charge is -2.08. The number of hydrogen-bond donors (Lipinski definition) is 1. The number of carbonyl (C=O) groups is 1. The number of aromatic nitrogens is 1. The van der Waals surface area contributed by atoms with Crippen LogP contribution in [0.15, 0.2) is 36.4 Å². The molecular formula is C19H19ClN2O2S. The van der Waals surface area contributed by atoms with Gasteiger partial charge in [-0.3, -0.25) is 10.1 Å². The summed E-state index contributed by atoms with van der Waals surface area (Å²) in [6, 6.07) is 11.5. The minimum Gasteiger partial charge on any atom is -0.484 e. The quantitative estimate of drug-likeness (QED) is 0.650. The molecule has 0 saturated heterocycles. The number of thiazole rings is 1. The van der Waals surface area contributed by atoms with Crippen LogP contribution in [0.2, 0.25) is 5.02 Å². The Balaban J connectivity index is 1.62. The average molecular weight is 375 g/mol. The monoisotopic (exact) mass is 374 g/mol. The lowest BCUT2D eigenvalue weighted by atomic mass is 10.0. The van der Waals surface area contributed by atoms with Gasteiger partial charge in [0.05, 0.1) is 10.2 Å². The second-order valence-corrected chi connectivity index (χ2v) is 7.54. The molecule has 0 aliphatic heterocycles. The Kier molecular flexibility index (Phi) is 5.25. The van der Waals surface area contributed by atoms with Gasteiger partial charge in [0.2, 0.25) is 0 Å². The van der Waals surface area contributed by atoms with Gasteiger partial charge >= 0.3 is 0 Å².